The van der Waals surface area contributed by atoms with Crippen LogP contribution in [0.4, 0.5) is 0 Å². The van der Waals surface area contributed by atoms with Crippen LogP contribution in [0.3, 0.4) is 0 Å². The van der Waals surface area contributed by atoms with E-state index in [0.717, 1.165) is 12.8 Å². The highest BCUT2D eigenvalue weighted by Crippen LogP contribution is 2.23. The van der Waals surface area contributed by atoms with E-state index in [1.165, 1.54) is 0 Å². The lowest BCUT2D eigenvalue weighted by Gasteiger charge is -2.30. The molecule has 3 heteroatoms. The van der Waals surface area contributed by atoms with Crippen LogP contribution >= 0.6 is 0 Å². The van der Waals surface area contributed by atoms with Crippen LogP contribution in [0.25, 0.3) is 0 Å². The van der Waals surface area contributed by atoms with Crippen molar-refractivity contribution in [2.24, 2.45) is 5.92 Å². The first-order valence-electron chi connectivity index (χ1n) is 3.72. The molecule has 0 aromatic rings. The first-order valence-corrected chi connectivity index (χ1v) is 3.72. The molecule has 2 unspecified atom stereocenters. The zero-order valence-corrected chi connectivity index (χ0v) is 5.90. The highest BCUT2D eigenvalue weighted by atomic mass is 16.3. The fourth-order valence-electron chi connectivity index (χ4n) is 1.44. The van der Waals surface area contributed by atoms with E-state index in [1.54, 1.807) is 0 Å². The Bertz CT molecular complexity index is 105. The Morgan fingerprint density at radius 1 is 1.20 bits per heavy atom. The maximum absolute atomic E-state index is 9.23. The highest BCUT2D eigenvalue weighted by molar-refractivity contribution is 4.80. The van der Waals surface area contributed by atoms with Gasteiger partial charge in [0.2, 0.25) is 0 Å². The Morgan fingerprint density at radius 2 is 1.90 bits per heavy atom. The lowest BCUT2D eigenvalue weighted by molar-refractivity contribution is -0.0585. The monoisotopic (exact) mass is 146 g/mol. The summed E-state index contributed by atoms with van der Waals surface area (Å²) in [6, 6.07) is 0. The topological polar surface area (TPSA) is 60.7 Å². The minimum Gasteiger partial charge on any atom is -0.396 e. The number of rotatable bonds is 1. The van der Waals surface area contributed by atoms with Crippen molar-refractivity contribution in [3.63, 3.8) is 0 Å². The fourth-order valence-corrected chi connectivity index (χ4v) is 1.44. The summed E-state index contributed by atoms with van der Waals surface area (Å²) >= 11 is 0. The van der Waals surface area contributed by atoms with Crippen LogP contribution in [0.2, 0.25) is 0 Å². The summed E-state index contributed by atoms with van der Waals surface area (Å²) in [5, 5.41) is 27.1. The molecule has 1 aliphatic rings. The Kier molecular flexibility index (Phi) is 2.65. The first kappa shape index (κ1) is 7.98. The van der Waals surface area contributed by atoms with Gasteiger partial charge in [-0.1, -0.05) is 6.42 Å². The molecule has 0 aromatic heterocycles. The van der Waals surface area contributed by atoms with Gasteiger partial charge in [-0.15, -0.1) is 0 Å². The standard InChI is InChI=1S/C7H14O3/c8-4-5-2-1-3-6(9)7(5)10/h5-10H,1-4H2/t5?,6-,7?/m1/s1. The lowest BCUT2D eigenvalue weighted by atomic mass is 9.85. The van der Waals surface area contributed by atoms with Crippen molar-refractivity contribution < 1.29 is 15.3 Å². The maximum atomic E-state index is 9.23. The van der Waals surface area contributed by atoms with Gasteiger partial charge in [-0.3, -0.25) is 0 Å². The van der Waals surface area contributed by atoms with E-state index in [4.69, 9.17) is 10.2 Å². The number of hydrogen-bond acceptors (Lipinski definition) is 3. The van der Waals surface area contributed by atoms with Crippen LogP contribution in [-0.2, 0) is 0 Å². The molecule has 1 fully saturated rings. The summed E-state index contributed by atoms with van der Waals surface area (Å²) in [4.78, 5) is 0. The molecule has 0 amide bonds. The molecule has 10 heavy (non-hydrogen) atoms. The number of aliphatic hydroxyl groups is 3. The number of hydrogen-bond donors (Lipinski definition) is 3. The molecular formula is C7H14O3. The van der Waals surface area contributed by atoms with Crippen molar-refractivity contribution >= 4 is 0 Å². The van der Waals surface area contributed by atoms with Gasteiger partial charge in [0.15, 0.2) is 0 Å². The van der Waals surface area contributed by atoms with E-state index >= 15 is 0 Å². The molecule has 3 N–H and O–H groups in total. The van der Waals surface area contributed by atoms with E-state index in [-0.39, 0.29) is 12.5 Å². The molecule has 0 spiro atoms. The van der Waals surface area contributed by atoms with E-state index in [1.807, 2.05) is 0 Å². The SMILES string of the molecule is OCC1CCC[C@@H](O)C1O. The van der Waals surface area contributed by atoms with Gasteiger partial charge in [0.25, 0.3) is 0 Å². The molecule has 0 aromatic carbocycles. The van der Waals surface area contributed by atoms with E-state index in [9.17, 15) is 5.11 Å². The third-order valence-corrected chi connectivity index (χ3v) is 2.19. The van der Waals surface area contributed by atoms with E-state index in [2.05, 4.69) is 0 Å². The quantitative estimate of drug-likeness (QED) is 0.467. The van der Waals surface area contributed by atoms with Crippen molar-refractivity contribution in [1.82, 2.24) is 0 Å². The predicted molar refractivity (Wildman–Crippen MR) is 36.4 cm³/mol. The molecule has 0 aliphatic heterocycles. The molecule has 60 valence electrons. The molecule has 0 bridgehead atoms. The molecule has 1 rings (SSSR count). The van der Waals surface area contributed by atoms with Gasteiger partial charge < -0.3 is 15.3 Å². The molecule has 0 heterocycles. The van der Waals surface area contributed by atoms with Crippen LogP contribution in [0, 0.1) is 5.92 Å². The average Bonchev–Trinajstić information content (AvgIpc) is 1.95. The third-order valence-electron chi connectivity index (χ3n) is 2.19. The van der Waals surface area contributed by atoms with Crippen LogP contribution in [0.15, 0.2) is 0 Å². The van der Waals surface area contributed by atoms with Crippen LogP contribution in [0.5, 0.6) is 0 Å². The summed E-state index contributed by atoms with van der Waals surface area (Å²) in [5.41, 5.74) is 0. The molecule has 1 saturated carbocycles. The highest BCUT2D eigenvalue weighted by Gasteiger charge is 2.29. The van der Waals surface area contributed by atoms with Gasteiger partial charge >= 0.3 is 0 Å². The Balaban J connectivity index is 2.42. The summed E-state index contributed by atoms with van der Waals surface area (Å²) < 4.78 is 0. The molecular weight excluding hydrogens is 132 g/mol. The van der Waals surface area contributed by atoms with Crippen LogP contribution in [0.1, 0.15) is 19.3 Å². The second kappa shape index (κ2) is 3.32. The first-order chi connectivity index (χ1) is 4.75. The molecule has 3 nitrogen and oxygen atoms in total. The second-order valence-corrected chi connectivity index (χ2v) is 2.93. The second-order valence-electron chi connectivity index (χ2n) is 2.93. The van der Waals surface area contributed by atoms with Gasteiger partial charge in [0, 0.05) is 12.5 Å². The molecule has 3 atom stereocenters. The molecule has 1 aliphatic carbocycles. The van der Waals surface area contributed by atoms with Gasteiger partial charge in [-0.2, -0.15) is 0 Å². The summed E-state index contributed by atoms with van der Waals surface area (Å²) in [5.74, 6) is -0.108. The normalized spacial score (nSPS) is 41.7. The van der Waals surface area contributed by atoms with Gasteiger partial charge in [-0.25, -0.2) is 0 Å². The van der Waals surface area contributed by atoms with Crippen molar-refractivity contribution in [2.45, 2.75) is 31.5 Å². The van der Waals surface area contributed by atoms with Crippen molar-refractivity contribution in [3.05, 3.63) is 0 Å². The van der Waals surface area contributed by atoms with Gasteiger partial charge in [0.05, 0.1) is 12.2 Å². The smallest absolute Gasteiger partial charge is 0.0849 e. The Labute approximate surface area is 60.3 Å². The average molecular weight is 146 g/mol. The zero-order valence-electron chi connectivity index (χ0n) is 5.90. The third kappa shape index (κ3) is 1.48. The summed E-state index contributed by atoms with van der Waals surface area (Å²) in [6.45, 7) is -0.0156. The fraction of sp³-hybridized carbons (Fsp3) is 1.00. The zero-order chi connectivity index (χ0) is 7.56. The minimum absolute atomic E-state index is 0.0156. The van der Waals surface area contributed by atoms with Crippen LogP contribution in [-0.4, -0.2) is 34.1 Å². The predicted octanol–water partition coefficient (Wildman–Crippen LogP) is -0.499. The van der Waals surface area contributed by atoms with E-state index < -0.39 is 12.2 Å². The van der Waals surface area contributed by atoms with Crippen molar-refractivity contribution in [3.8, 4) is 0 Å². The van der Waals surface area contributed by atoms with Crippen LogP contribution < -0.4 is 0 Å². The summed E-state index contributed by atoms with van der Waals surface area (Å²) in [6.07, 6.45) is 1.07. The van der Waals surface area contributed by atoms with Gasteiger partial charge in [-0.05, 0) is 12.8 Å². The van der Waals surface area contributed by atoms with Crippen molar-refractivity contribution in [2.75, 3.05) is 6.61 Å². The largest absolute Gasteiger partial charge is 0.396 e. The summed E-state index contributed by atoms with van der Waals surface area (Å²) in [7, 11) is 0. The van der Waals surface area contributed by atoms with E-state index in [0.29, 0.717) is 6.42 Å². The van der Waals surface area contributed by atoms with Gasteiger partial charge in [0.1, 0.15) is 0 Å². The molecule has 0 saturated heterocycles. The minimum atomic E-state index is -0.709. The number of aliphatic hydroxyl groups excluding tert-OH is 3. The Hall–Kier alpha value is -0.120. The Morgan fingerprint density at radius 3 is 2.40 bits per heavy atom. The lowest BCUT2D eigenvalue weighted by Crippen LogP contribution is -2.38. The molecule has 0 radical (unpaired) electrons. The maximum Gasteiger partial charge on any atom is 0.0849 e. The van der Waals surface area contributed by atoms with Crippen molar-refractivity contribution in [1.29, 1.82) is 0 Å².